The van der Waals surface area contributed by atoms with Crippen LogP contribution in [-0.2, 0) is 66.7 Å². The minimum absolute atomic E-state index is 0.190. The van der Waals surface area contributed by atoms with Gasteiger partial charge in [0, 0.05) is 25.7 Å². The number of phenolic OH excluding ortho intramolecular Hbond substituents is 4. The van der Waals surface area contributed by atoms with Crippen LogP contribution >= 0.6 is 0 Å². The molecule has 286 valence electrons. The predicted molar refractivity (Wildman–Crippen MR) is 219 cm³/mol. The van der Waals surface area contributed by atoms with Crippen LogP contribution in [0.15, 0.2) is 48.5 Å². The van der Waals surface area contributed by atoms with Gasteiger partial charge < -0.3 is 20.4 Å². The van der Waals surface area contributed by atoms with E-state index in [-0.39, 0.29) is 44.7 Å². The molecule has 0 saturated carbocycles. The third-order valence-electron chi connectivity index (χ3n) is 10.3. The summed E-state index contributed by atoms with van der Waals surface area (Å²) in [5.41, 5.74) is 9.48. The summed E-state index contributed by atoms with van der Waals surface area (Å²) in [6.45, 7) is 30.3. The maximum absolute atomic E-state index is 11.9. The first kappa shape index (κ1) is 42.4. The van der Waals surface area contributed by atoms with Gasteiger partial charge in [-0.15, -0.1) is 0 Å². The molecule has 0 heterocycles. The van der Waals surface area contributed by atoms with Crippen molar-refractivity contribution in [3.8, 4) is 23.0 Å². The van der Waals surface area contributed by atoms with Crippen molar-refractivity contribution in [3.63, 3.8) is 0 Å². The van der Waals surface area contributed by atoms with Crippen molar-refractivity contribution in [1.82, 2.24) is 0 Å². The van der Waals surface area contributed by atoms with E-state index in [4.69, 9.17) is 0 Å². The Balaban J connectivity index is 0.00000117. The van der Waals surface area contributed by atoms with E-state index < -0.39 is 0 Å². The van der Waals surface area contributed by atoms with Crippen LogP contribution < -0.4 is 0 Å². The molecule has 53 heavy (non-hydrogen) atoms. The van der Waals surface area contributed by atoms with Crippen molar-refractivity contribution in [2.75, 3.05) is 0 Å². The molecule has 1 aliphatic rings. The second kappa shape index (κ2) is 15.4. The van der Waals surface area contributed by atoms with Gasteiger partial charge >= 0.3 is 43.5 Å². The van der Waals surface area contributed by atoms with Crippen LogP contribution in [0.25, 0.3) is 0 Å². The van der Waals surface area contributed by atoms with Crippen molar-refractivity contribution in [3.05, 3.63) is 115 Å². The van der Waals surface area contributed by atoms with Gasteiger partial charge in [0.2, 0.25) is 0 Å². The average molecular weight is 889 g/mol. The topological polar surface area (TPSA) is 80.9 Å². The summed E-state index contributed by atoms with van der Waals surface area (Å²) in [7, 11) is 0. The van der Waals surface area contributed by atoms with Gasteiger partial charge in [0.05, 0.1) is 0 Å². The molecule has 0 amide bonds. The summed E-state index contributed by atoms with van der Waals surface area (Å²) in [6.07, 6.45) is 1.35. The molecule has 0 radical (unpaired) electrons. The van der Waals surface area contributed by atoms with Crippen LogP contribution in [0.1, 0.15) is 164 Å². The molecule has 0 fully saturated rings. The monoisotopic (exact) mass is 888 g/mol. The van der Waals surface area contributed by atoms with E-state index in [1.807, 2.05) is 0 Å². The zero-order valence-corrected chi connectivity index (χ0v) is 37.7. The Bertz CT molecular complexity index is 1620. The van der Waals surface area contributed by atoms with Crippen LogP contribution in [-0.4, -0.2) is 24.8 Å². The number of hydrogen-bond donors (Lipinski definition) is 4. The molecule has 0 atom stereocenters. The average Bonchev–Trinajstić information content (AvgIpc) is 3.01. The Morgan fingerprint density at radius 2 is 0.528 bits per heavy atom. The number of hydrogen-bond acceptors (Lipinski definition) is 4. The van der Waals surface area contributed by atoms with E-state index in [1.165, 1.54) is 0 Å². The number of fused-ring (bicyclic) bond motifs is 8. The van der Waals surface area contributed by atoms with Gasteiger partial charge in [0.15, 0.2) is 0 Å². The Kier molecular flexibility index (Phi) is 12.3. The zero-order chi connectivity index (χ0) is 40.0. The summed E-state index contributed by atoms with van der Waals surface area (Å²) in [5.74, 6) is 1.56. The molecule has 5 rings (SSSR count). The van der Waals surface area contributed by atoms with E-state index >= 15 is 0 Å². The summed E-state index contributed by atoms with van der Waals surface area (Å²) < 4.78 is 2.25. The van der Waals surface area contributed by atoms with Gasteiger partial charge in [0.1, 0.15) is 23.0 Å². The zero-order valence-electron chi connectivity index (χ0n) is 34.8. The predicted octanol–water partition coefficient (Wildman–Crippen LogP) is 11.4. The van der Waals surface area contributed by atoms with E-state index in [0.717, 1.165) is 72.7 Å². The molecule has 4 aromatic rings. The first-order valence-electron chi connectivity index (χ1n) is 19.1. The van der Waals surface area contributed by atoms with E-state index in [2.05, 4.69) is 150 Å². The van der Waals surface area contributed by atoms with E-state index in [0.29, 0.717) is 25.7 Å². The van der Waals surface area contributed by atoms with E-state index in [1.54, 1.807) is 19.4 Å². The molecular formula is C48H64O4W. The fourth-order valence-corrected chi connectivity index (χ4v) is 6.67. The summed E-state index contributed by atoms with van der Waals surface area (Å²) in [6, 6.07) is 16.5. The fraction of sp³-hybridized carbons (Fsp3) is 0.479. The van der Waals surface area contributed by atoms with Crippen LogP contribution in [0.3, 0.4) is 0 Å². The number of rotatable bonds is 1. The quantitative estimate of drug-likeness (QED) is 0.135. The van der Waals surface area contributed by atoms with Gasteiger partial charge in [0.25, 0.3) is 0 Å². The number of benzene rings is 4. The Morgan fingerprint density at radius 3 is 0.623 bits per heavy atom. The van der Waals surface area contributed by atoms with E-state index in [9.17, 15) is 20.4 Å². The van der Waals surface area contributed by atoms with Crippen molar-refractivity contribution in [2.45, 2.75) is 144 Å². The molecule has 0 unspecified atom stereocenters. The van der Waals surface area contributed by atoms with Crippen LogP contribution in [0.4, 0.5) is 0 Å². The SMILES string of the molecule is CC(C)(C)c1cc2c(O)c(c1)Cc1cc(C(C)(C)C)cc(c1O)Cc1cc(C(C)(C)C)cc(c1O)Cc1cc(C(C)(C)C)cc(c1O)C2.CC(C)[CH]=[W]. The molecular weight excluding hydrogens is 824 g/mol. The van der Waals surface area contributed by atoms with Crippen LogP contribution in [0.5, 0.6) is 23.0 Å². The summed E-state index contributed by atoms with van der Waals surface area (Å²) in [4.78, 5) is 0. The normalized spacial score (nSPS) is 13.7. The molecule has 4 aromatic carbocycles. The van der Waals surface area contributed by atoms with Crippen molar-refractivity contribution < 1.29 is 39.8 Å². The van der Waals surface area contributed by atoms with Crippen LogP contribution in [0, 0.1) is 5.92 Å². The third kappa shape index (κ3) is 10.0. The first-order valence-corrected chi connectivity index (χ1v) is 20.8. The second-order valence-electron chi connectivity index (χ2n) is 19.7. The van der Waals surface area contributed by atoms with Gasteiger partial charge in [-0.3, -0.25) is 0 Å². The Hall–Kier alpha value is -3.36. The molecule has 1 aliphatic carbocycles. The van der Waals surface area contributed by atoms with Gasteiger partial charge in [-0.25, -0.2) is 0 Å². The molecule has 5 heteroatoms. The molecule has 4 N–H and O–H groups in total. The maximum atomic E-state index is 11.9. The number of phenols is 4. The first-order chi connectivity index (χ1) is 24.2. The molecule has 0 spiro atoms. The minimum atomic E-state index is -0.190. The molecule has 0 saturated heterocycles. The molecule has 0 aromatic heterocycles. The molecule has 4 nitrogen and oxygen atoms in total. The van der Waals surface area contributed by atoms with Gasteiger partial charge in [-0.05, 0) is 88.4 Å². The van der Waals surface area contributed by atoms with Gasteiger partial charge in [-0.1, -0.05) is 132 Å². The summed E-state index contributed by atoms with van der Waals surface area (Å²) >= 11 is 1.58. The Morgan fingerprint density at radius 1 is 0.396 bits per heavy atom. The van der Waals surface area contributed by atoms with Crippen molar-refractivity contribution >= 4 is 4.40 Å². The number of aromatic hydroxyl groups is 4. The van der Waals surface area contributed by atoms with Crippen molar-refractivity contribution in [1.29, 1.82) is 0 Å². The fourth-order valence-electron chi connectivity index (χ4n) is 6.67. The van der Waals surface area contributed by atoms with Crippen LogP contribution in [0.2, 0.25) is 0 Å². The standard InChI is InChI=1S/C44H56O4.C4H8.W/c1-41(2,3)33-17-25-13-27-19-34(42(4,5)6)21-29(38(27)46)15-31-23-36(44(10,11)12)24-32(40(31)48)16-30-22-35(43(7,8)9)20-28(39(30)47)14-26(18-33)37(25)45;1-4(2)3;/h17-24,45-48H,13-16H2,1-12H3;1,4H,2-3H3;. The molecule has 0 aliphatic heterocycles. The van der Waals surface area contributed by atoms with Crippen molar-refractivity contribution in [2.24, 2.45) is 5.92 Å². The third-order valence-corrected chi connectivity index (χ3v) is 12.3. The Labute approximate surface area is 331 Å². The molecule has 8 bridgehead atoms. The summed E-state index contributed by atoms with van der Waals surface area (Å²) in [5, 5.41) is 47.6. The second-order valence-corrected chi connectivity index (χ2v) is 20.6. The van der Waals surface area contributed by atoms with Gasteiger partial charge in [-0.2, -0.15) is 0 Å².